The highest BCUT2D eigenvalue weighted by atomic mass is 19.3. The van der Waals surface area contributed by atoms with Crippen LogP contribution in [0.25, 0.3) is 0 Å². The van der Waals surface area contributed by atoms with Gasteiger partial charge in [0.1, 0.15) is 0 Å². The van der Waals surface area contributed by atoms with Crippen molar-refractivity contribution in [3.8, 4) is 0 Å². The Bertz CT molecular complexity index is 273. The molecule has 0 atom stereocenters. The zero-order valence-electron chi connectivity index (χ0n) is 6.90. The number of rotatable bonds is 2. The van der Waals surface area contributed by atoms with Gasteiger partial charge in [-0.05, 0) is 0 Å². The van der Waals surface area contributed by atoms with Crippen molar-refractivity contribution in [1.82, 2.24) is 0 Å². The Morgan fingerprint density at radius 1 is 0.923 bits per heavy atom. The molecule has 0 saturated carbocycles. The Kier molecular flexibility index (Phi) is 2.32. The van der Waals surface area contributed by atoms with E-state index in [1.54, 1.807) is 0 Å². The first-order valence-corrected chi connectivity index (χ1v) is 3.67. The van der Waals surface area contributed by atoms with Crippen LogP contribution in [0.15, 0.2) is 30.3 Å². The molecule has 0 bridgehead atoms. The minimum absolute atomic E-state index is 0.208. The minimum atomic E-state index is -4.10. The fraction of sp³-hybridized carbons (Fsp3) is 0.333. The zero-order valence-corrected chi connectivity index (χ0v) is 6.90. The molecule has 0 fully saturated rings. The van der Waals surface area contributed by atoms with E-state index >= 15 is 0 Å². The van der Waals surface area contributed by atoms with E-state index in [0.29, 0.717) is 0 Å². The van der Waals surface area contributed by atoms with Crippen LogP contribution in [0.1, 0.15) is 12.5 Å². The molecule has 0 N–H and O–H groups in total. The Labute approximate surface area is 73.2 Å². The smallest absolute Gasteiger partial charge is 0.200 e. The van der Waals surface area contributed by atoms with Crippen LogP contribution in [0.5, 0.6) is 0 Å². The summed E-state index contributed by atoms with van der Waals surface area (Å²) in [7, 11) is 0. The van der Waals surface area contributed by atoms with Crippen LogP contribution >= 0.6 is 0 Å². The molecule has 1 aromatic rings. The monoisotopic (exact) mass is 192 g/mol. The molecular weight excluding hydrogens is 184 g/mol. The molecule has 1 aromatic carbocycles. The van der Waals surface area contributed by atoms with Crippen LogP contribution in [0, 0.1) is 0 Å². The fourth-order valence-corrected chi connectivity index (χ4v) is 0.901. The molecule has 0 aliphatic heterocycles. The molecule has 1 rings (SSSR count). The van der Waals surface area contributed by atoms with E-state index in [9.17, 15) is 17.6 Å². The zero-order chi connectivity index (χ0) is 10.1. The van der Waals surface area contributed by atoms with Gasteiger partial charge in [-0.25, -0.2) is 0 Å². The van der Waals surface area contributed by atoms with Gasteiger partial charge in [-0.1, -0.05) is 30.3 Å². The van der Waals surface area contributed by atoms with E-state index in [-0.39, 0.29) is 6.92 Å². The standard InChI is InChI=1S/C9H8F4/c1-8(10,11)9(12,13)7-5-3-2-4-6-7/h2-6H,1H3. The van der Waals surface area contributed by atoms with Crippen molar-refractivity contribution in [2.45, 2.75) is 18.8 Å². The molecule has 0 radical (unpaired) electrons. The number of halogens is 4. The molecule has 0 unspecified atom stereocenters. The van der Waals surface area contributed by atoms with E-state index in [4.69, 9.17) is 0 Å². The van der Waals surface area contributed by atoms with Gasteiger partial charge >= 0.3 is 11.8 Å². The van der Waals surface area contributed by atoms with Gasteiger partial charge in [-0.3, -0.25) is 0 Å². The van der Waals surface area contributed by atoms with Gasteiger partial charge < -0.3 is 0 Å². The average molecular weight is 192 g/mol. The second-order valence-corrected chi connectivity index (χ2v) is 2.83. The van der Waals surface area contributed by atoms with Crippen LogP contribution in [0.4, 0.5) is 17.6 Å². The second kappa shape index (κ2) is 3.01. The van der Waals surface area contributed by atoms with Crippen molar-refractivity contribution < 1.29 is 17.6 Å². The number of hydrogen-bond acceptors (Lipinski definition) is 0. The van der Waals surface area contributed by atoms with Crippen molar-refractivity contribution in [3.63, 3.8) is 0 Å². The van der Waals surface area contributed by atoms with Gasteiger partial charge in [0, 0.05) is 12.5 Å². The molecule has 0 aromatic heterocycles. The summed E-state index contributed by atoms with van der Waals surface area (Å²) in [6.07, 6.45) is 0. The lowest BCUT2D eigenvalue weighted by Crippen LogP contribution is -2.34. The number of benzene rings is 1. The number of hydrogen-bond donors (Lipinski definition) is 0. The largest absolute Gasteiger partial charge is 0.335 e. The Balaban J connectivity index is 3.08. The van der Waals surface area contributed by atoms with Crippen LogP contribution in [0.2, 0.25) is 0 Å². The first-order chi connectivity index (χ1) is 5.86. The quantitative estimate of drug-likeness (QED) is 0.629. The first-order valence-electron chi connectivity index (χ1n) is 3.67. The third-order valence-electron chi connectivity index (χ3n) is 1.69. The van der Waals surface area contributed by atoms with Gasteiger partial charge in [0.05, 0.1) is 0 Å². The lowest BCUT2D eigenvalue weighted by Gasteiger charge is -2.23. The van der Waals surface area contributed by atoms with Gasteiger partial charge in [0.2, 0.25) is 0 Å². The highest BCUT2D eigenvalue weighted by molar-refractivity contribution is 5.21. The Morgan fingerprint density at radius 2 is 1.38 bits per heavy atom. The highest BCUT2D eigenvalue weighted by Crippen LogP contribution is 2.42. The van der Waals surface area contributed by atoms with Crippen molar-refractivity contribution in [3.05, 3.63) is 35.9 Å². The second-order valence-electron chi connectivity index (χ2n) is 2.83. The maximum Gasteiger partial charge on any atom is 0.335 e. The molecule has 0 saturated heterocycles. The van der Waals surface area contributed by atoms with Crippen molar-refractivity contribution in [2.75, 3.05) is 0 Å². The summed E-state index contributed by atoms with van der Waals surface area (Å²) in [4.78, 5) is 0. The normalized spacial score (nSPS) is 13.0. The summed E-state index contributed by atoms with van der Waals surface area (Å²) in [5, 5.41) is 0. The molecule has 13 heavy (non-hydrogen) atoms. The van der Waals surface area contributed by atoms with E-state index in [1.807, 2.05) is 0 Å². The van der Waals surface area contributed by atoms with E-state index < -0.39 is 17.4 Å². The maximum absolute atomic E-state index is 12.9. The molecule has 72 valence electrons. The summed E-state index contributed by atoms with van der Waals surface area (Å²) in [6.45, 7) is 0.208. The molecule has 4 heteroatoms. The van der Waals surface area contributed by atoms with Crippen LogP contribution in [0.3, 0.4) is 0 Å². The topological polar surface area (TPSA) is 0 Å². The lowest BCUT2D eigenvalue weighted by molar-refractivity contribution is -0.204. The van der Waals surface area contributed by atoms with Crippen LogP contribution in [-0.2, 0) is 5.92 Å². The predicted molar refractivity (Wildman–Crippen MR) is 41.0 cm³/mol. The minimum Gasteiger partial charge on any atom is -0.200 e. The summed E-state index contributed by atoms with van der Waals surface area (Å²) in [5.74, 6) is -8.14. The Morgan fingerprint density at radius 3 is 1.77 bits per heavy atom. The van der Waals surface area contributed by atoms with E-state index in [1.165, 1.54) is 18.2 Å². The van der Waals surface area contributed by atoms with Crippen molar-refractivity contribution in [2.24, 2.45) is 0 Å². The maximum atomic E-state index is 12.9. The molecule has 0 spiro atoms. The summed E-state index contributed by atoms with van der Waals surface area (Å²) in [6, 6.07) is 6.06. The molecule has 0 aliphatic carbocycles. The summed E-state index contributed by atoms with van der Waals surface area (Å²) < 4.78 is 50.7. The Hall–Kier alpha value is -1.06. The summed E-state index contributed by atoms with van der Waals surface area (Å²) >= 11 is 0. The molecular formula is C9H8F4. The molecule has 0 heterocycles. The third-order valence-corrected chi connectivity index (χ3v) is 1.69. The van der Waals surface area contributed by atoms with E-state index in [2.05, 4.69) is 0 Å². The molecule has 0 aliphatic rings. The van der Waals surface area contributed by atoms with Gasteiger partial charge in [-0.15, -0.1) is 0 Å². The predicted octanol–water partition coefficient (Wildman–Crippen LogP) is 3.43. The number of alkyl halides is 4. The van der Waals surface area contributed by atoms with Crippen LogP contribution in [-0.4, -0.2) is 5.92 Å². The highest BCUT2D eigenvalue weighted by Gasteiger charge is 2.53. The molecule has 0 amide bonds. The SMILES string of the molecule is CC(F)(F)C(F)(F)c1ccccc1. The van der Waals surface area contributed by atoms with Gasteiger partial charge in [0.15, 0.2) is 0 Å². The summed E-state index contributed by atoms with van der Waals surface area (Å²) in [5.41, 5.74) is -0.664. The van der Waals surface area contributed by atoms with Gasteiger partial charge in [0.25, 0.3) is 0 Å². The first kappa shape index (κ1) is 10.0. The average Bonchev–Trinajstić information content (AvgIpc) is 2.04. The van der Waals surface area contributed by atoms with Crippen LogP contribution < -0.4 is 0 Å². The molecule has 0 nitrogen and oxygen atoms in total. The van der Waals surface area contributed by atoms with E-state index in [0.717, 1.165) is 12.1 Å². The van der Waals surface area contributed by atoms with Crippen molar-refractivity contribution >= 4 is 0 Å². The van der Waals surface area contributed by atoms with Gasteiger partial charge in [-0.2, -0.15) is 17.6 Å². The lowest BCUT2D eigenvalue weighted by atomic mass is 10.0. The van der Waals surface area contributed by atoms with Crippen molar-refractivity contribution in [1.29, 1.82) is 0 Å². The third kappa shape index (κ3) is 1.82. The fourth-order valence-electron chi connectivity index (χ4n) is 0.901.